The Balaban J connectivity index is 2.30. The summed E-state index contributed by atoms with van der Waals surface area (Å²) in [5.74, 6) is 0.504. The van der Waals surface area contributed by atoms with Crippen LogP contribution >= 0.6 is 0 Å². The van der Waals surface area contributed by atoms with Gasteiger partial charge >= 0.3 is 0 Å². The van der Waals surface area contributed by atoms with Crippen molar-refractivity contribution < 1.29 is 14.3 Å². The minimum atomic E-state index is -1.10. The largest absolute Gasteiger partial charge is 0.497 e. The van der Waals surface area contributed by atoms with Gasteiger partial charge in [0.05, 0.1) is 7.11 Å². The van der Waals surface area contributed by atoms with Gasteiger partial charge in [0.15, 0.2) is 5.78 Å². The van der Waals surface area contributed by atoms with Crippen LogP contribution in [-0.4, -0.2) is 31.8 Å². The number of nitrogens with two attached hydrogens (primary N) is 2. The van der Waals surface area contributed by atoms with E-state index in [0.29, 0.717) is 16.9 Å². The first-order valence-corrected chi connectivity index (χ1v) is 6.18. The van der Waals surface area contributed by atoms with Gasteiger partial charge in [-0.05, 0) is 24.3 Å². The summed E-state index contributed by atoms with van der Waals surface area (Å²) in [7, 11) is 3.06. The molecular formula is C15H18N2O3. The minimum absolute atomic E-state index is 0.127. The number of methoxy groups -OCH3 is 2. The number of ether oxygens (including phenoxy) is 2. The molecule has 106 valence electrons. The van der Waals surface area contributed by atoms with Crippen LogP contribution in [-0.2, 0) is 4.74 Å². The Morgan fingerprint density at radius 2 is 2.05 bits per heavy atom. The first kappa shape index (κ1) is 14.5. The molecule has 0 amide bonds. The molecule has 0 fully saturated rings. The summed E-state index contributed by atoms with van der Waals surface area (Å²) in [6.45, 7) is 0. The molecule has 1 aliphatic rings. The average Bonchev–Trinajstić information content (AvgIpc) is 2.46. The lowest BCUT2D eigenvalue weighted by Crippen LogP contribution is -2.58. The standard InChI is InChI=1S/C15H18N2O3/c1-19-12-5-3-4-10(8-12)14(18)11-6-7-15(16,17)13(9-11)20-2/h3-9,13H,16-17H2,1-2H3. The van der Waals surface area contributed by atoms with E-state index in [4.69, 9.17) is 20.9 Å². The highest BCUT2D eigenvalue weighted by Gasteiger charge is 2.31. The number of rotatable bonds is 4. The number of hydrogen-bond donors (Lipinski definition) is 2. The van der Waals surface area contributed by atoms with Crippen LogP contribution in [0.4, 0.5) is 0 Å². The van der Waals surface area contributed by atoms with E-state index in [1.165, 1.54) is 7.11 Å². The van der Waals surface area contributed by atoms with E-state index in [2.05, 4.69) is 0 Å². The van der Waals surface area contributed by atoms with E-state index in [9.17, 15) is 4.79 Å². The van der Waals surface area contributed by atoms with Crippen molar-refractivity contribution in [3.05, 3.63) is 53.6 Å². The third kappa shape index (κ3) is 2.80. The van der Waals surface area contributed by atoms with Gasteiger partial charge in [-0.25, -0.2) is 0 Å². The fourth-order valence-electron chi connectivity index (χ4n) is 2.05. The molecule has 0 saturated carbocycles. The molecule has 0 heterocycles. The van der Waals surface area contributed by atoms with Gasteiger partial charge in [0, 0.05) is 18.2 Å². The highest BCUT2D eigenvalue weighted by atomic mass is 16.5. The second-order valence-corrected chi connectivity index (χ2v) is 4.67. The molecule has 0 bridgehead atoms. The normalized spacial score (nSPS) is 20.4. The van der Waals surface area contributed by atoms with Gasteiger partial charge in [0.25, 0.3) is 0 Å². The van der Waals surface area contributed by atoms with Crippen LogP contribution < -0.4 is 16.2 Å². The van der Waals surface area contributed by atoms with Gasteiger partial charge in [0.2, 0.25) is 0 Å². The summed E-state index contributed by atoms with van der Waals surface area (Å²) in [5.41, 5.74) is 11.7. The van der Waals surface area contributed by atoms with Crippen molar-refractivity contribution in [2.45, 2.75) is 11.8 Å². The maximum Gasteiger partial charge on any atom is 0.192 e. The van der Waals surface area contributed by atoms with Crippen molar-refractivity contribution in [3.8, 4) is 5.75 Å². The molecule has 5 nitrogen and oxygen atoms in total. The molecule has 1 aromatic rings. The summed E-state index contributed by atoms with van der Waals surface area (Å²) in [5, 5.41) is 0. The summed E-state index contributed by atoms with van der Waals surface area (Å²) < 4.78 is 10.3. The Bertz CT molecular complexity index is 576. The van der Waals surface area contributed by atoms with Gasteiger partial charge in [-0.15, -0.1) is 0 Å². The second-order valence-electron chi connectivity index (χ2n) is 4.67. The molecule has 0 spiro atoms. The van der Waals surface area contributed by atoms with Gasteiger partial charge in [-0.1, -0.05) is 18.2 Å². The van der Waals surface area contributed by atoms with Crippen molar-refractivity contribution >= 4 is 5.78 Å². The Labute approximate surface area is 117 Å². The van der Waals surface area contributed by atoms with E-state index in [1.807, 2.05) is 0 Å². The predicted octanol–water partition coefficient (Wildman–Crippen LogP) is 1.00. The predicted molar refractivity (Wildman–Crippen MR) is 76.5 cm³/mol. The number of carbonyl (C=O) groups is 1. The average molecular weight is 274 g/mol. The number of benzene rings is 1. The van der Waals surface area contributed by atoms with Gasteiger partial charge in [-0.2, -0.15) is 0 Å². The molecule has 0 aromatic heterocycles. The highest BCUT2D eigenvalue weighted by molar-refractivity contribution is 6.11. The van der Waals surface area contributed by atoms with Crippen LogP contribution in [0.1, 0.15) is 10.4 Å². The molecule has 4 N–H and O–H groups in total. The number of Topliss-reactive ketones (excluding diaryl/α,β-unsaturated/α-hetero) is 1. The van der Waals surface area contributed by atoms with Crippen molar-refractivity contribution in [2.24, 2.45) is 11.5 Å². The summed E-state index contributed by atoms with van der Waals surface area (Å²) in [6, 6.07) is 6.97. The minimum Gasteiger partial charge on any atom is -0.497 e. The lowest BCUT2D eigenvalue weighted by Gasteiger charge is -2.30. The maximum atomic E-state index is 12.4. The van der Waals surface area contributed by atoms with Crippen molar-refractivity contribution in [1.82, 2.24) is 0 Å². The topological polar surface area (TPSA) is 87.6 Å². The van der Waals surface area contributed by atoms with Crippen molar-refractivity contribution in [1.29, 1.82) is 0 Å². The third-order valence-electron chi connectivity index (χ3n) is 3.22. The Morgan fingerprint density at radius 1 is 1.30 bits per heavy atom. The molecule has 0 radical (unpaired) electrons. The van der Waals surface area contributed by atoms with Crippen LogP contribution in [0, 0.1) is 0 Å². The van der Waals surface area contributed by atoms with Crippen LogP contribution in [0.3, 0.4) is 0 Å². The summed E-state index contributed by atoms with van der Waals surface area (Å²) >= 11 is 0. The van der Waals surface area contributed by atoms with E-state index >= 15 is 0 Å². The Hall–Kier alpha value is -1.95. The van der Waals surface area contributed by atoms with Gasteiger partial charge < -0.3 is 20.9 Å². The van der Waals surface area contributed by atoms with Crippen LogP contribution in [0.5, 0.6) is 5.75 Å². The molecule has 1 aromatic carbocycles. The van der Waals surface area contributed by atoms with E-state index < -0.39 is 11.8 Å². The third-order valence-corrected chi connectivity index (χ3v) is 3.22. The molecule has 0 saturated heterocycles. The Kier molecular flexibility index (Phi) is 4.04. The SMILES string of the molecule is COc1cccc(C(=O)C2=CC(OC)C(N)(N)C=C2)c1. The molecule has 1 aliphatic carbocycles. The fraction of sp³-hybridized carbons (Fsp3) is 0.267. The fourth-order valence-corrected chi connectivity index (χ4v) is 2.05. The zero-order valence-corrected chi connectivity index (χ0v) is 11.5. The van der Waals surface area contributed by atoms with Crippen molar-refractivity contribution in [3.63, 3.8) is 0 Å². The monoisotopic (exact) mass is 274 g/mol. The molecular weight excluding hydrogens is 256 g/mol. The number of carbonyl (C=O) groups excluding carboxylic acids is 1. The number of ketones is 1. The quantitative estimate of drug-likeness (QED) is 0.632. The van der Waals surface area contributed by atoms with Crippen LogP contribution in [0.2, 0.25) is 0 Å². The lowest BCUT2D eigenvalue weighted by atomic mass is 9.91. The highest BCUT2D eigenvalue weighted by Crippen LogP contribution is 2.22. The van der Waals surface area contributed by atoms with Gasteiger partial charge in [0.1, 0.15) is 17.5 Å². The zero-order valence-electron chi connectivity index (χ0n) is 11.5. The van der Waals surface area contributed by atoms with E-state index in [0.717, 1.165) is 0 Å². The number of allylic oxidation sites excluding steroid dienone is 2. The van der Waals surface area contributed by atoms with E-state index in [1.54, 1.807) is 49.6 Å². The molecule has 20 heavy (non-hydrogen) atoms. The molecule has 2 rings (SSSR count). The number of hydrogen-bond acceptors (Lipinski definition) is 5. The van der Waals surface area contributed by atoms with E-state index in [-0.39, 0.29) is 5.78 Å². The first-order valence-electron chi connectivity index (χ1n) is 6.18. The maximum absolute atomic E-state index is 12.4. The smallest absolute Gasteiger partial charge is 0.192 e. The second kappa shape index (κ2) is 5.58. The lowest BCUT2D eigenvalue weighted by molar-refractivity contribution is 0.0890. The summed E-state index contributed by atoms with van der Waals surface area (Å²) in [6.07, 6.45) is 4.30. The molecule has 1 unspecified atom stereocenters. The van der Waals surface area contributed by atoms with Crippen LogP contribution in [0.15, 0.2) is 48.1 Å². The zero-order chi connectivity index (χ0) is 14.8. The van der Waals surface area contributed by atoms with Crippen molar-refractivity contribution in [2.75, 3.05) is 14.2 Å². The Morgan fingerprint density at radius 3 is 2.70 bits per heavy atom. The van der Waals surface area contributed by atoms with Gasteiger partial charge in [-0.3, -0.25) is 4.79 Å². The summed E-state index contributed by atoms with van der Waals surface area (Å²) in [4.78, 5) is 12.4. The van der Waals surface area contributed by atoms with Crippen LogP contribution in [0.25, 0.3) is 0 Å². The molecule has 1 atom stereocenters. The first-order chi connectivity index (χ1) is 9.47. The molecule has 0 aliphatic heterocycles. The molecule has 5 heteroatoms.